The van der Waals surface area contributed by atoms with Crippen LogP contribution in [0.4, 0.5) is 4.39 Å². The lowest BCUT2D eigenvalue weighted by Gasteiger charge is -2.28. The zero-order valence-electron chi connectivity index (χ0n) is 13.7. The van der Waals surface area contributed by atoms with Gasteiger partial charge in [0.15, 0.2) is 4.84 Å². The third kappa shape index (κ3) is 5.16. The highest BCUT2D eigenvalue weighted by atomic mass is 35.5. The highest BCUT2D eigenvalue weighted by Gasteiger charge is 2.30. The van der Waals surface area contributed by atoms with Crippen LogP contribution in [-0.4, -0.2) is 45.6 Å². The molecule has 6 nitrogen and oxygen atoms in total. The summed E-state index contributed by atoms with van der Waals surface area (Å²) in [5.74, 6) is -1.15. The first kappa shape index (κ1) is 20.6. The van der Waals surface area contributed by atoms with Crippen LogP contribution >= 0.6 is 23.2 Å². The van der Waals surface area contributed by atoms with Crippen molar-refractivity contribution >= 4 is 29.1 Å². The lowest BCUT2D eigenvalue weighted by atomic mass is 9.85. The lowest BCUT2D eigenvalue weighted by molar-refractivity contribution is -0.508. The van der Waals surface area contributed by atoms with E-state index in [0.29, 0.717) is 12.8 Å². The van der Waals surface area contributed by atoms with E-state index in [2.05, 4.69) is 5.32 Å². The van der Waals surface area contributed by atoms with Crippen molar-refractivity contribution < 1.29 is 19.2 Å². The predicted molar refractivity (Wildman–Crippen MR) is 97.4 cm³/mol. The van der Waals surface area contributed by atoms with Gasteiger partial charge in [-0.25, -0.2) is 4.39 Å². The fourth-order valence-corrected chi connectivity index (χ4v) is 2.97. The van der Waals surface area contributed by atoms with Crippen molar-refractivity contribution in [3.63, 3.8) is 0 Å². The van der Waals surface area contributed by atoms with Gasteiger partial charge in [0, 0.05) is 17.3 Å². The summed E-state index contributed by atoms with van der Waals surface area (Å²) in [7, 11) is 0. The molecule has 1 amide bonds. The first-order chi connectivity index (χ1) is 12.3. The number of hydrogen-bond donors (Lipinski definition) is 2. The van der Waals surface area contributed by atoms with Crippen molar-refractivity contribution in [1.82, 2.24) is 5.32 Å². The first-order valence-electron chi connectivity index (χ1n) is 8.06. The van der Waals surface area contributed by atoms with Gasteiger partial charge >= 0.3 is 0 Å². The molecule has 0 aliphatic heterocycles. The number of halogens is 3. The standard InChI is InChI=1S/C17H19Cl2FN2O4/c18-16(19)17(24)21-14(9-20)15(23)12-3-1-10(2-4-12)11-5-7-13(8-6-11)22(25)26/h1-3,5-7,12-16,23H,4,8-9H2,(H,21,24)/t12?,13?,14-,15-/m1/s1. The third-order valence-corrected chi connectivity index (χ3v) is 4.75. The molecule has 0 saturated carbocycles. The predicted octanol–water partition coefficient (Wildman–Crippen LogP) is 2.64. The van der Waals surface area contributed by atoms with Gasteiger partial charge in [-0.05, 0) is 23.6 Å². The van der Waals surface area contributed by atoms with Gasteiger partial charge in [-0.1, -0.05) is 53.6 Å². The fourth-order valence-electron chi connectivity index (χ4n) is 2.84. The molecule has 0 bridgehead atoms. The lowest BCUT2D eigenvalue weighted by Crippen LogP contribution is -2.49. The molecule has 0 aromatic heterocycles. The van der Waals surface area contributed by atoms with Gasteiger partial charge in [-0.3, -0.25) is 14.9 Å². The Morgan fingerprint density at radius 2 is 1.92 bits per heavy atom. The van der Waals surface area contributed by atoms with E-state index in [4.69, 9.17) is 23.2 Å². The van der Waals surface area contributed by atoms with E-state index in [1.54, 1.807) is 30.4 Å². The van der Waals surface area contributed by atoms with Crippen LogP contribution in [0, 0.1) is 16.0 Å². The number of hydrogen-bond acceptors (Lipinski definition) is 4. The molecule has 0 fully saturated rings. The van der Waals surface area contributed by atoms with Gasteiger partial charge in [-0.15, -0.1) is 0 Å². The molecule has 9 heteroatoms. The number of carbonyl (C=O) groups excluding carboxylic acids is 1. The number of nitrogens with one attached hydrogen (secondary N) is 1. The van der Waals surface area contributed by atoms with Crippen molar-refractivity contribution in [2.45, 2.75) is 35.9 Å². The van der Waals surface area contributed by atoms with Crippen molar-refractivity contribution in [1.29, 1.82) is 0 Å². The van der Waals surface area contributed by atoms with E-state index in [0.717, 1.165) is 11.1 Å². The summed E-state index contributed by atoms with van der Waals surface area (Å²) >= 11 is 10.9. The van der Waals surface area contributed by atoms with E-state index < -0.39 is 35.6 Å². The zero-order valence-corrected chi connectivity index (χ0v) is 15.2. The van der Waals surface area contributed by atoms with Crippen molar-refractivity contribution in [2.24, 2.45) is 5.92 Å². The first-order valence-corrected chi connectivity index (χ1v) is 8.94. The number of aliphatic hydroxyl groups is 1. The maximum absolute atomic E-state index is 13.2. The molecule has 2 unspecified atom stereocenters. The number of nitro groups is 1. The monoisotopic (exact) mass is 404 g/mol. The number of nitrogens with zero attached hydrogens (tertiary/aromatic N) is 1. The molecule has 0 heterocycles. The summed E-state index contributed by atoms with van der Waals surface area (Å²) in [5.41, 5.74) is 1.75. The second-order valence-electron chi connectivity index (χ2n) is 6.09. The minimum absolute atomic E-state index is 0.323. The SMILES string of the molecule is O=C(N[C@H](CF)[C@H](O)C1C=CC(C2=CCC([N+](=O)[O-])C=C2)=CC1)C(Cl)Cl. The molecule has 142 valence electrons. The Hall–Kier alpha value is -1.70. The minimum Gasteiger partial charge on any atom is -0.390 e. The van der Waals surface area contributed by atoms with Crippen LogP contribution < -0.4 is 5.32 Å². The van der Waals surface area contributed by atoms with Crippen LogP contribution in [0.15, 0.2) is 47.6 Å². The molecule has 0 saturated heterocycles. The molecule has 0 spiro atoms. The summed E-state index contributed by atoms with van der Waals surface area (Å²) in [6, 6.07) is -1.81. The Morgan fingerprint density at radius 1 is 1.31 bits per heavy atom. The van der Waals surface area contributed by atoms with E-state index in [-0.39, 0.29) is 10.8 Å². The molecular formula is C17H19Cl2FN2O4. The summed E-state index contributed by atoms with van der Waals surface area (Å²) in [4.78, 5) is 20.6. The summed E-state index contributed by atoms with van der Waals surface area (Å²) in [6.45, 7) is -0.954. The Kier molecular flexibility index (Phi) is 7.37. The van der Waals surface area contributed by atoms with Crippen molar-refractivity contribution in [3.05, 3.63) is 57.7 Å². The molecule has 2 rings (SSSR count). The Labute approximate surface area is 160 Å². The Morgan fingerprint density at radius 3 is 2.35 bits per heavy atom. The molecule has 4 atom stereocenters. The number of carbonyl (C=O) groups is 1. The number of rotatable bonds is 7. The van der Waals surface area contributed by atoms with Crippen molar-refractivity contribution in [2.75, 3.05) is 6.67 Å². The second-order valence-corrected chi connectivity index (χ2v) is 7.18. The Balaban J connectivity index is 1.96. The van der Waals surface area contributed by atoms with Gasteiger partial charge in [0.25, 0.3) is 5.91 Å². The molecule has 0 aromatic rings. The van der Waals surface area contributed by atoms with Gasteiger partial charge in [0.2, 0.25) is 6.04 Å². The number of amides is 1. The molecule has 0 aromatic carbocycles. The average molecular weight is 405 g/mol. The molecule has 2 N–H and O–H groups in total. The smallest absolute Gasteiger partial charge is 0.253 e. The molecule has 2 aliphatic rings. The maximum Gasteiger partial charge on any atom is 0.253 e. The van der Waals surface area contributed by atoms with Crippen LogP contribution in [0.1, 0.15) is 12.8 Å². The fraction of sp³-hybridized carbons (Fsp3) is 0.471. The van der Waals surface area contributed by atoms with Crippen LogP contribution in [0.5, 0.6) is 0 Å². The second kappa shape index (κ2) is 9.30. The molecular weight excluding hydrogens is 386 g/mol. The van der Waals surface area contributed by atoms with Gasteiger partial charge in [0.05, 0.1) is 12.1 Å². The zero-order chi connectivity index (χ0) is 19.3. The van der Waals surface area contributed by atoms with E-state index in [1.165, 1.54) is 0 Å². The van der Waals surface area contributed by atoms with Crippen LogP contribution in [-0.2, 0) is 4.79 Å². The quantitative estimate of drug-likeness (QED) is 0.387. The van der Waals surface area contributed by atoms with E-state index >= 15 is 0 Å². The summed E-state index contributed by atoms with van der Waals surface area (Å²) in [6.07, 6.45) is 10.1. The average Bonchev–Trinajstić information content (AvgIpc) is 2.65. The van der Waals surface area contributed by atoms with Gasteiger partial charge < -0.3 is 10.4 Å². The van der Waals surface area contributed by atoms with Crippen LogP contribution in [0.2, 0.25) is 0 Å². The highest BCUT2D eigenvalue weighted by molar-refractivity contribution is 6.53. The number of allylic oxidation sites excluding steroid dienone is 5. The molecule has 2 aliphatic carbocycles. The summed E-state index contributed by atoms with van der Waals surface area (Å²) in [5, 5.41) is 23.4. The number of alkyl halides is 3. The van der Waals surface area contributed by atoms with Gasteiger partial charge in [0.1, 0.15) is 6.67 Å². The summed E-state index contributed by atoms with van der Waals surface area (Å²) < 4.78 is 13.2. The van der Waals surface area contributed by atoms with E-state index in [9.17, 15) is 24.4 Å². The molecule has 0 radical (unpaired) electrons. The molecule has 26 heavy (non-hydrogen) atoms. The largest absolute Gasteiger partial charge is 0.390 e. The minimum atomic E-state index is -1.34. The van der Waals surface area contributed by atoms with E-state index in [1.807, 2.05) is 6.08 Å². The van der Waals surface area contributed by atoms with Crippen LogP contribution in [0.25, 0.3) is 0 Å². The van der Waals surface area contributed by atoms with Crippen LogP contribution in [0.3, 0.4) is 0 Å². The van der Waals surface area contributed by atoms with Gasteiger partial charge in [-0.2, -0.15) is 0 Å². The van der Waals surface area contributed by atoms with Crippen molar-refractivity contribution in [3.8, 4) is 0 Å². The maximum atomic E-state index is 13.2. The third-order valence-electron chi connectivity index (χ3n) is 4.36. The Bertz CT molecular complexity index is 676. The number of aliphatic hydroxyl groups excluding tert-OH is 1. The normalized spacial score (nSPS) is 24.7. The topological polar surface area (TPSA) is 92.5 Å². The highest BCUT2D eigenvalue weighted by Crippen LogP contribution is 2.28.